The van der Waals surface area contributed by atoms with Crippen LogP contribution in [0.2, 0.25) is 0 Å². The van der Waals surface area contributed by atoms with Crippen molar-refractivity contribution in [1.82, 2.24) is 4.72 Å². The smallest absolute Gasteiger partial charge is 0.303 e. The zero-order valence-electron chi connectivity index (χ0n) is 12.7. The summed E-state index contributed by atoms with van der Waals surface area (Å²) in [4.78, 5) is 10.7. The van der Waals surface area contributed by atoms with Gasteiger partial charge in [0.25, 0.3) is 0 Å². The van der Waals surface area contributed by atoms with Gasteiger partial charge < -0.3 is 5.11 Å². The molecule has 0 unspecified atom stereocenters. The molecular formula is C15H23NO4S. The molecule has 0 bridgehead atoms. The SMILES string of the molecule is CCCC(C)(C)NS(=O)(=O)c1ccc(CCC(=O)O)cc1. The van der Waals surface area contributed by atoms with Crippen molar-refractivity contribution in [1.29, 1.82) is 0 Å². The van der Waals surface area contributed by atoms with Crippen LogP contribution < -0.4 is 4.72 Å². The Bertz CT molecular complexity index is 576. The van der Waals surface area contributed by atoms with Gasteiger partial charge >= 0.3 is 5.97 Å². The molecule has 1 aromatic rings. The van der Waals surface area contributed by atoms with Gasteiger partial charge in [-0.05, 0) is 44.4 Å². The summed E-state index contributed by atoms with van der Waals surface area (Å²) >= 11 is 0. The maximum Gasteiger partial charge on any atom is 0.303 e. The van der Waals surface area contributed by atoms with Crippen LogP contribution in [-0.2, 0) is 21.2 Å². The van der Waals surface area contributed by atoms with Gasteiger partial charge in [0, 0.05) is 12.0 Å². The second-order valence-electron chi connectivity index (χ2n) is 5.78. The molecule has 5 nitrogen and oxygen atoms in total. The van der Waals surface area contributed by atoms with Gasteiger partial charge in [0.15, 0.2) is 0 Å². The molecule has 0 fully saturated rings. The van der Waals surface area contributed by atoms with Gasteiger partial charge in [-0.15, -0.1) is 0 Å². The molecule has 0 radical (unpaired) electrons. The Kier molecular flexibility index (Phi) is 5.92. The number of benzene rings is 1. The second-order valence-corrected chi connectivity index (χ2v) is 7.46. The molecule has 0 heterocycles. The second kappa shape index (κ2) is 7.04. The first-order chi connectivity index (χ1) is 9.66. The predicted octanol–water partition coefficient (Wildman–Crippen LogP) is 2.56. The van der Waals surface area contributed by atoms with E-state index in [9.17, 15) is 13.2 Å². The summed E-state index contributed by atoms with van der Waals surface area (Å²) in [6, 6.07) is 6.34. The van der Waals surface area contributed by atoms with Gasteiger partial charge in [0.2, 0.25) is 10.0 Å². The van der Waals surface area contributed by atoms with E-state index < -0.39 is 21.5 Å². The minimum atomic E-state index is -3.55. The first kappa shape index (κ1) is 17.7. The minimum absolute atomic E-state index is 0.0356. The van der Waals surface area contributed by atoms with E-state index >= 15 is 0 Å². The monoisotopic (exact) mass is 313 g/mol. The third-order valence-corrected chi connectivity index (χ3v) is 4.86. The average molecular weight is 313 g/mol. The highest BCUT2D eigenvalue weighted by atomic mass is 32.2. The molecule has 0 saturated carbocycles. The highest BCUT2D eigenvalue weighted by Crippen LogP contribution is 2.18. The van der Waals surface area contributed by atoms with Crippen molar-refractivity contribution in [3.63, 3.8) is 0 Å². The topological polar surface area (TPSA) is 83.5 Å². The Balaban J connectivity index is 2.82. The molecule has 118 valence electrons. The molecule has 0 amide bonds. The van der Waals surface area contributed by atoms with Gasteiger partial charge in [0.1, 0.15) is 0 Å². The van der Waals surface area contributed by atoms with E-state index in [1.54, 1.807) is 12.1 Å². The number of carbonyl (C=O) groups is 1. The fourth-order valence-electron chi connectivity index (χ4n) is 2.19. The number of sulfonamides is 1. The first-order valence-electron chi connectivity index (χ1n) is 7.01. The Morgan fingerprint density at radius 2 is 1.81 bits per heavy atom. The van der Waals surface area contributed by atoms with Gasteiger partial charge in [-0.1, -0.05) is 25.5 Å². The summed E-state index contributed by atoms with van der Waals surface area (Å²) in [5.41, 5.74) is 0.319. The van der Waals surface area contributed by atoms with Crippen LogP contribution in [0.15, 0.2) is 29.2 Å². The molecular weight excluding hydrogens is 290 g/mol. The van der Waals surface area contributed by atoms with Crippen LogP contribution >= 0.6 is 0 Å². The number of nitrogens with one attached hydrogen (secondary N) is 1. The number of carboxylic acids is 1. The Hall–Kier alpha value is -1.40. The Morgan fingerprint density at radius 1 is 1.24 bits per heavy atom. The molecule has 0 spiro atoms. The first-order valence-corrected chi connectivity index (χ1v) is 8.49. The predicted molar refractivity (Wildman–Crippen MR) is 81.7 cm³/mol. The van der Waals surface area contributed by atoms with E-state index in [1.807, 2.05) is 20.8 Å². The van der Waals surface area contributed by atoms with E-state index in [2.05, 4.69) is 4.72 Å². The summed E-state index contributed by atoms with van der Waals surface area (Å²) in [5, 5.41) is 8.63. The molecule has 0 aliphatic heterocycles. The summed E-state index contributed by atoms with van der Waals surface area (Å²) in [5.74, 6) is -0.866. The molecule has 21 heavy (non-hydrogen) atoms. The van der Waals surface area contributed by atoms with Crippen molar-refractivity contribution >= 4 is 16.0 Å². The van der Waals surface area contributed by atoms with E-state index in [1.165, 1.54) is 12.1 Å². The lowest BCUT2D eigenvalue weighted by atomic mass is 10.0. The van der Waals surface area contributed by atoms with Crippen molar-refractivity contribution in [2.45, 2.75) is 56.9 Å². The molecule has 0 atom stereocenters. The van der Waals surface area contributed by atoms with Crippen molar-refractivity contribution in [2.24, 2.45) is 0 Å². The van der Waals surface area contributed by atoms with E-state index in [-0.39, 0.29) is 11.3 Å². The summed E-state index contributed by atoms with van der Waals surface area (Å²) in [6.45, 7) is 5.72. The lowest BCUT2D eigenvalue weighted by Gasteiger charge is -2.25. The highest BCUT2D eigenvalue weighted by molar-refractivity contribution is 7.89. The number of rotatable bonds is 8. The zero-order chi connectivity index (χ0) is 16.1. The third kappa shape index (κ3) is 5.85. The number of hydrogen-bond donors (Lipinski definition) is 2. The third-order valence-electron chi connectivity index (χ3n) is 3.15. The lowest BCUT2D eigenvalue weighted by molar-refractivity contribution is -0.136. The van der Waals surface area contributed by atoms with Crippen LogP contribution in [-0.4, -0.2) is 25.0 Å². The summed E-state index contributed by atoms with van der Waals surface area (Å²) in [7, 11) is -3.55. The fraction of sp³-hybridized carbons (Fsp3) is 0.533. The van der Waals surface area contributed by atoms with Crippen molar-refractivity contribution in [3.8, 4) is 0 Å². The molecule has 1 aromatic carbocycles. The van der Waals surface area contributed by atoms with Gasteiger partial charge in [0.05, 0.1) is 4.90 Å². The summed E-state index contributed by atoms with van der Waals surface area (Å²) in [6.07, 6.45) is 2.07. The van der Waals surface area contributed by atoms with Crippen LogP contribution in [0.5, 0.6) is 0 Å². The number of hydrogen-bond acceptors (Lipinski definition) is 3. The Labute approximate surface area is 126 Å². The number of carboxylic acid groups (broad SMARTS) is 1. The van der Waals surface area contributed by atoms with Gasteiger partial charge in [-0.3, -0.25) is 4.79 Å². The Morgan fingerprint density at radius 3 is 2.29 bits per heavy atom. The number of aliphatic carboxylic acids is 1. The molecule has 0 aromatic heterocycles. The normalized spacial score (nSPS) is 12.3. The molecule has 1 rings (SSSR count). The molecule has 0 aliphatic carbocycles. The van der Waals surface area contributed by atoms with E-state index in [0.717, 1.165) is 18.4 Å². The van der Waals surface area contributed by atoms with Crippen LogP contribution in [0.4, 0.5) is 0 Å². The molecule has 6 heteroatoms. The maximum absolute atomic E-state index is 12.3. The quantitative estimate of drug-likeness (QED) is 0.772. The largest absolute Gasteiger partial charge is 0.481 e. The van der Waals surface area contributed by atoms with Crippen LogP contribution in [0.1, 0.15) is 45.6 Å². The fourth-order valence-corrected chi connectivity index (χ4v) is 3.63. The standard InChI is InChI=1S/C15H23NO4S/c1-4-11-15(2,3)16-21(19,20)13-8-5-12(6-9-13)7-10-14(17)18/h5-6,8-9,16H,4,7,10-11H2,1-3H3,(H,17,18). The van der Waals surface area contributed by atoms with Gasteiger partial charge in [-0.2, -0.15) is 0 Å². The van der Waals surface area contributed by atoms with Crippen LogP contribution in [0.25, 0.3) is 0 Å². The van der Waals surface area contributed by atoms with E-state index in [0.29, 0.717) is 6.42 Å². The molecule has 0 aliphatic rings. The molecule has 2 N–H and O–H groups in total. The highest BCUT2D eigenvalue weighted by Gasteiger charge is 2.25. The minimum Gasteiger partial charge on any atom is -0.481 e. The van der Waals surface area contributed by atoms with E-state index in [4.69, 9.17) is 5.11 Å². The zero-order valence-corrected chi connectivity index (χ0v) is 13.5. The molecule has 0 saturated heterocycles. The van der Waals surface area contributed by atoms with Crippen molar-refractivity contribution < 1.29 is 18.3 Å². The van der Waals surface area contributed by atoms with Crippen LogP contribution in [0, 0.1) is 0 Å². The maximum atomic E-state index is 12.3. The van der Waals surface area contributed by atoms with Crippen molar-refractivity contribution in [3.05, 3.63) is 29.8 Å². The van der Waals surface area contributed by atoms with Crippen LogP contribution in [0.3, 0.4) is 0 Å². The number of aryl methyl sites for hydroxylation is 1. The van der Waals surface area contributed by atoms with Crippen molar-refractivity contribution in [2.75, 3.05) is 0 Å². The summed E-state index contributed by atoms with van der Waals surface area (Å²) < 4.78 is 27.3. The lowest BCUT2D eigenvalue weighted by Crippen LogP contribution is -2.43. The average Bonchev–Trinajstić information content (AvgIpc) is 2.35. The van der Waals surface area contributed by atoms with Gasteiger partial charge in [-0.25, -0.2) is 13.1 Å².